The Balaban J connectivity index is 1.47. The zero-order valence-electron chi connectivity index (χ0n) is 14.1. The van der Waals surface area contributed by atoms with Crippen LogP contribution in [0.3, 0.4) is 0 Å². The van der Waals surface area contributed by atoms with Crippen molar-refractivity contribution in [1.82, 2.24) is 14.8 Å². The van der Waals surface area contributed by atoms with E-state index in [2.05, 4.69) is 9.88 Å². The van der Waals surface area contributed by atoms with Crippen LogP contribution in [0.25, 0.3) is 0 Å². The molecular formula is C19H22ClN3O2. The monoisotopic (exact) mass is 359 g/mol. The maximum absolute atomic E-state index is 12.3. The molecule has 0 bridgehead atoms. The van der Waals surface area contributed by atoms with Gasteiger partial charge in [-0.1, -0.05) is 35.9 Å². The van der Waals surface area contributed by atoms with Gasteiger partial charge in [-0.2, -0.15) is 0 Å². The fourth-order valence-electron chi connectivity index (χ4n) is 2.83. The summed E-state index contributed by atoms with van der Waals surface area (Å²) in [4.78, 5) is 20.6. The summed E-state index contributed by atoms with van der Waals surface area (Å²) in [5.74, 6) is 1.06. The van der Waals surface area contributed by atoms with Gasteiger partial charge in [-0.3, -0.25) is 9.69 Å². The summed E-state index contributed by atoms with van der Waals surface area (Å²) in [5, 5.41) is 0.468. The van der Waals surface area contributed by atoms with Gasteiger partial charge in [-0.15, -0.1) is 0 Å². The van der Waals surface area contributed by atoms with Crippen LogP contribution in [0.5, 0.6) is 5.75 Å². The van der Waals surface area contributed by atoms with Crippen LogP contribution in [-0.2, 0) is 11.3 Å². The van der Waals surface area contributed by atoms with E-state index in [1.165, 1.54) is 0 Å². The van der Waals surface area contributed by atoms with E-state index in [9.17, 15) is 4.79 Å². The third-order valence-corrected chi connectivity index (χ3v) is 4.49. The van der Waals surface area contributed by atoms with Crippen LogP contribution in [-0.4, -0.2) is 53.5 Å². The van der Waals surface area contributed by atoms with Gasteiger partial charge in [0.25, 0.3) is 0 Å². The molecule has 1 aromatic carbocycles. The molecule has 3 rings (SSSR count). The molecule has 2 aromatic rings. The van der Waals surface area contributed by atoms with Gasteiger partial charge >= 0.3 is 0 Å². The van der Waals surface area contributed by atoms with Crippen molar-refractivity contribution in [2.75, 3.05) is 32.8 Å². The Kier molecular flexibility index (Phi) is 6.25. The van der Waals surface area contributed by atoms with Gasteiger partial charge in [0.15, 0.2) is 0 Å². The van der Waals surface area contributed by atoms with Gasteiger partial charge in [-0.25, -0.2) is 4.98 Å². The summed E-state index contributed by atoms with van der Waals surface area (Å²) >= 11 is 5.81. The number of ether oxygens (including phenoxy) is 1. The number of hydrogen-bond donors (Lipinski definition) is 0. The molecule has 1 aromatic heterocycles. The van der Waals surface area contributed by atoms with Crippen molar-refractivity contribution in [1.29, 1.82) is 0 Å². The minimum absolute atomic E-state index is 0.182. The molecule has 0 radical (unpaired) electrons. The van der Waals surface area contributed by atoms with Crippen LogP contribution in [0.1, 0.15) is 12.0 Å². The first kappa shape index (κ1) is 17.7. The van der Waals surface area contributed by atoms with Crippen molar-refractivity contribution in [2.45, 2.75) is 13.0 Å². The average Bonchev–Trinajstić information content (AvgIpc) is 2.80. The van der Waals surface area contributed by atoms with Gasteiger partial charge in [0, 0.05) is 45.3 Å². The lowest BCUT2D eigenvalue weighted by atomic mass is 10.2. The van der Waals surface area contributed by atoms with Crippen LogP contribution in [0.2, 0.25) is 5.15 Å². The Bertz CT molecular complexity index is 679. The van der Waals surface area contributed by atoms with Crippen LogP contribution >= 0.6 is 11.6 Å². The van der Waals surface area contributed by atoms with Crippen LogP contribution < -0.4 is 4.74 Å². The molecule has 0 spiro atoms. The van der Waals surface area contributed by atoms with Crippen molar-refractivity contribution in [3.63, 3.8) is 0 Å². The third kappa shape index (κ3) is 5.44. The summed E-state index contributed by atoms with van der Waals surface area (Å²) in [6.45, 7) is 4.36. The number of carbonyl (C=O) groups is 1. The lowest BCUT2D eigenvalue weighted by molar-refractivity contribution is -0.130. The highest BCUT2D eigenvalue weighted by Crippen LogP contribution is 2.12. The molecule has 25 heavy (non-hydrogen) atoms. The van der Waals surface area contributed by atoms with Crippen LogP contribution in [0, 0.1) is 0 Å². The zero-order chi connectivity index (χ0) is 17.5. The Morgan fingerprint density at radius 1 is 1.08 bits per heavy atom. The normalized spacial score (nSPS) is 15.9. The molecule has 1 aliphatic rings. The van der Waals surface area contributed by atoms with E-state index in [0.717, 1.165) is 30.9 Å². The number of nitrogens with zero attached hydrogens (tertiary/aromatic N) is 3. The van der Waals surface area contributed by atoms with Gasteiger partial charge in [-0.05, 0) is 23.8 Å². The van der Waals surface area contributed by atoms with Gasteiger partial charge in [0.2, 0.25) is 5.91 Å². The Morgan fingerprint density at radius 3 is 2.68 bits per heavy atom. The smallest absolute Gasteiger partial charge is 0.224 e. The molecule has 1 saturated heterocycles. The Hall–Kier alpha value is -2.11. The summed E-state index contributed by atoms with van der Waals surface area (Å²) in [5.41, 5.74) is 0.999. The molecular weight excluding hydrogens is 338 g/mol. The van der Waals surface area contributed by atoms with Gasteiger partial charge in [0.05, 0.1) is 0 Å². The predicted molar refractivity (Wildman–Crippen MR) is 97.7 cm³/mol. The number of hydrogen-bond acceptors (Lipinski definition) is 4. The Morgan fingerprint density at radius 2 is 1.92 bits per heavy atom. The molecule has 2 heterocycles. The molecule has 5 nitrogen and oxygen atoms in total. The molecule has 0 saturated carbocycles. The number of carbonyl (C=O) groups excluding carboxylic acids is 1. The van der Waals surface area contributed by atoms with E-state index in [4.69, 9.17) is 16.3 Å². The van der Waals surface area contributed by atoms with E-state index in [1.807, 2.05) is 41.3 Å². The molecule has 1 fully saturated rings. The minimum atomic E-state index is 0.182. The first-order chi connectivity index (χ1) is 12.2. The second-order valence-electron chi connectivity index (χ2n) is 6.06. The summed E-state index contributed by atoms with van der Waals surface area (Å²) in [7, 11) is 0. The van der Waals surface area contributed by atoms with Crippen LogP contribution in [0.4, 0.5) is 0 Å². The first-order valence-corrected chi connectivity index (χ1v) is 8.87. The largest absolute Gasteiger partial charge is 0.492 e. The average molecular weight is 360 g/mol. The number of rotatable bonds is 6. The van der Waals surface area contributed by atoms with E-state index in [1.54, 1.807) is 12.3 Å². The minimum Gasteiger partial charge on any atom is -0.492 e. The zero-order valence-corrected chi connectivity index (χ0v) is 14.9. The summed E-state index contributed by atoms with van der Waals surface area (Å²) < 4.78 is 5.75. The van der Waals surface area contributed by atoms with E-state index in [0.29, 0.717) is 31.3 Å². The molecule has 6 heteroatoms. The van der Waals surface area contributed by atoms with Crippen molar-refractivity contribution >= 4 is 17.5 Å². The third-order valence-electron chi connectivity index (χ3n) is 4.26. The number of amides is 1. The lowest BCUT2D eigenvalue weighted by Gasteiger charge is -2.22. The van der Waals surface area contributed by atoms with Gasteiger partial charge < -0.3 is 9.64 Å². The van der Waals surface area contributed by atoms with Crippen molar-refractivity contribution in [3.05, 3.63) is 59.4 Å². The van der Waals surface area contributed by atoms with E-state index < -0.39 is 0 Å². The number of aromatic nitrogens is 1. The predicted octanol–water partition coefficient (Wildman–Crippen LogP) is 2.85. The highest BCUT2D eigenvalue weighted by molar-refractivity contribution is 6.29. The van der Waals surface area contributed by atoms with E-state index >= 15 is 0 Å². The highest BCUT2D eigenvalue weighted by Gasteiger charge is 2.21. The maximum atomic E-state index is 12.3. The SMILES string of the molecule is O=C1CCN(CCOc2ccccc2)CCN1Cc1ccc(Cl)nc1. The summed E-state index contributed by atoms with van der Waals surface area (Å²) in [6, 6.07) is 13.5. The fraction of sp³-hybridized carbons (Fsp3) is 0.368. The number of benzene rings is 1. The highest BCUT2D eigenvalue weighted by atomic mass is 35.5. The lowest BCUT2D eigenvalue weighted by Crippen LogP contribution is -2.34. The number of halogens is 1. The molecule has 0 aliphatic carbocycles. The molecule has 132 valence electrons. The first-order valence-electron chi connectivity index (χ1n) is 8.49. The molecule has 1 amide bonds. The standard InChI is InChI=1S/C19H22ClN3O2/c20-18-7-6-16(14-21-18)15-23-11-10-22(9-8-19(23)24)12-13-25-17-4-2-1-3-5-17/h1-7,14H,8-13,15H2. The molecule has 0 atom stereocenters. The topological polar surface area (TPSA) is 45.7 Å². The van der Waals surface area contributed by atoms with Crippen molar-refractivity contribution in [3.8, 4) is 5.75 Å². The Labute approximate surface area is 153 Å². The second-order valence-corrected chi connectivity index (χ2v) is 6.44. The van der Waals surface area contributed by atoms with Crippen molar-refractivity contribution in [2.24, 2.45) is 0 Å². The number of pyridine rings is 1. The maximum Gasteiger partial charge on any atom is 0.224 e. The molecule has 0 N–H and O–H groups in total. The number of para-hydroxylation sites is 1. The fourth-order valence-corrected chi connectivity index (χ4v) is 2.94. The van der Waals surface area contributed by atoms with Crippen LogP contribution in [0.15, 0.2) is 48.7 Å². The second kappa shape index (κ2) is 8.83. The van der Waals surface area contributed by atoms with Crippen molar-refractivity contribution < 1.29 is 9.53 Å². The quantitative estimate of drug-likeness (QED) is 0.744. The van der Waals surface area contributed by atoms with Gasteiger partial charge in [0.1, 0.15) is 17.5 Å². The molecule has 1 aliphatic heterocycles. The summed E-state index contributed by atoms with van der Waals surface area (Å²) in [6.07, 6.45) is 2.26. The van der Waals surface area contributed by atoms with E-state index in [-0.39, 0.29) is 5.91 Å². The molecule has 0 unspecified atom stereocenters.